The first-order valence-corrected chi connectivity index (χ1v) is 8.96. The first kappa shape index (κ1) is 23.2. The maximum atomic E-state index is 11.6. The SMILES string of the molecule is CCNC(=NCc1ccc(C(=O)NC)cc1)N(C)Cc1ccccc1Cl.I. The Morgan fingerprint density at radius 1 is 1.15 bits per heavy atom. The van der Waals surface area contributed by atoms with Gasteiger partial charge in [0.15, 0.2) is 5.96 Å². The van der Waals surface area contributed by atoms with Crippen LogP contribution in [-0.2, 0) is 13.1 Å². The number of nitrogens with zero attached hydrogens (tertiary/aromatic N) is 2. The molecule has 0 unspecified atom stereocenters. The fourth-order valence-corrected chi connectivity index (χ4v) is 2.69. The normalized spacial score (nSPS) is 10.7. The van der Waals surface area contributed by atoms with Gasteiger partial charge in [-0.25, -0.2) is 4.99 Å². The predicted octanol–water partition coefficient (Wildman–Crippen LogP) is 3.92. The molecular weight excluding hydrogens is 475 g/mol. The molecule has 2 aromatic carbocycles. The van der Waals surface area contributed by atoms with Crippen LogP contribution in [0.2, 0.25) is 5.02 Å². The van der Waals surface area contributed by atoms with Crippen molar-refractivity contribution in [2.75, 3.05) is 20.6 Å². The van der Waals surface area contributed by atoms with Crippen molar-refractivity contribution < 1.29 is 4.79 Å². The Morgan fingerprint density at radius 2 is 1.81 bits per heavy atom. The van der Waals surface area contributed by atoms with Crippen LogP contribution in [0.3, 0.4) is 0 Å². The van der Waals surface area contributed by atoms with E-state index in [0.717, 1.165) is 28.7 Å². The van der Waals surface area contributed by atoms with E-state index in [1.54, 1.807) is 7.05 Å². The largest absolute Gasteiger partial charge is 0.357 e. The van der Waals surface area contributed by atoms with E-state index in [1.807, 2.05) is 67.4 Å². The summed E-state index contributed by atoms with van der Waals surface area (Å²) in [6.07, 6.45) is 0. The number of benzene rings is 2. The van der Waals surface area contributed by atoms with Gasteiger partial charge in [-0.2, -0.15) is 0 Å². The number of hydrogen-bond acceptors (Lipinski definition) is 2. The van der Waals surface area contributed by atoms with Crippen molar-refractivity contribution in [2.24, 2.45) is 4.99 Å². The zero-order chi connectivity index (χ0) is 18.9. The molecule has 0 atom stereocenters. The lowest BCUT2D eigenvalue weighted by Gasteiger charge is -2.22. The van der Waals surface area contributed by atoms with Gasteiger partial charge in [0.25, 0.3) is 5.91 Å². The zero-order valence-electron chi connectivity index (χ0n) is 15.8. The van der Waals surface area contributed by atoms with Gasteiger partial charge in [0.05, 0.1) is 6.54 Å². The van der Waals surface area contributed by atoms with Crippen LogP contribution >= 0.6 is 35.6 Å². The van der Waals surface area contributed by atoms with E-state index >= 15 is 0 Å². The van der Waals surface area contributed by atoms with E-state index in [4.69, 9.17) is 16.6 Å². The van der Waals surface area contributed by atoms with Crippen LogP contribution in [0.15, 0.2) is 53.5 Å². The number of rotatable bonds is 6. The molecule has 2 aromatic rings. The third kappa shape index (κ3) is 7.03. The second kappa shape index (κ2) is 11.8. The van der Waals surface area contributed by atoms with Crippen molar-refractivity contribution in [3.05, 3.63) is 70.2 Å². The van der Waals surface area contributed by atoms with E-state index in [9.17, 15) is 4.79 Å². The molecule has 0 spiro atoms. The maximum absolute atomic E-state index is 11.6. The van der Waals surface area contributed by atoms with Gasteiger partial charge in [-0.3, -0.25) is 4.79 Å². The van der Waals surface area contributed by atoms with Gasteiger partial charge in [0, 0.05) is 37.8 Å². The van der Waals surface area contributed by atoms with Crippen LogP contribution in [0.4, 0.5) is 0 Å². The van der Waals surface area contributed by atoms with E-state index in [0.29, 0.717) is 18.7 Å². The Labute approximate surface area is 183 Å². The molecule has 0 heterocycles. The number of carbonyl (C=O) groups is 1. The lowest BCUT2D eigenvalue weighted by Crippen LogP contribution is -2.38. The van der Waals surface area contributed by atoms with Crippen LogP contribution < -0.4 is 10.6 Å². The molecule has 2 rings (SSSR count). The first-order chi connectivity index (χ1) is 12.5. The van der Waals surface area contributed by atoms with Crippen molar-refractivity contribution in [1.29, 1.82) is 0 Å². The Balaban J connectivity index is 0.00000364. The summed E-state index contributed by atoms with van der Waals surface area (Å²) in [5.74, 6) is 0.718. The van der Waals surface area contributed by atoms with Gasteiger partial charge in [0.1, 0.15) is 0 Å². The summed E-state index contributed by atoms with van der Waals surface area (Å²) >= 11 is 6.26. The molecule has 5 nitrogen and oxygen atoms in total. The molecule has 0 aliphatic rings. The van der Waals surface area contributed by atoms with Crippen LogP contribution in [-0.4, -0.2) is 37.4 Å². The number of nitrogens with one attached hydrogen (secondary N) is 2. The molecule has 0 saturated heterocycles. The van der Waals surface area contributed by atoms with Gasteiger partial charge in [-0.15, -0.1) is 24.0 Å². The predicted molar refractivity (Wildman–Crippen MR) is 123 cm³/mol. The maximum Gasteiger partial charge on any atom is 0.251 e. The third-order valence-corrected chi connectivity index (χ3v) is 4.29. The summed E-state index contributed by atoms with van der Waals surface area (Å²) in [5, 5.41) is 6.67. The summed E-state index contributed by atoms with van der Waals surface area (Å²) in [6, 6.07) is 15.3. The standard InChI is InChI=1S/C20H25ClN4O.HI/c1-4-23-20(25(3)14-17-7-5-6-8-18(17)21)24-13-15-9-11-16(12-10-15)19(26)22-2;/h5-12H,4,13-14H2,1-3H3,(H,22,26)(H,23,24);1H. The molecule has 7 heteroatoms. The smallest absolute Gasteiger partial charge is 0.251 e. The fraction of sp³-hybridized carbons (Fsp3) is 0.300. The molecule has 0 aliphatic heterocycles. The quantitative estimate of drug-likeness (QED) is 0.359. The number of aliphatic imine (C=N–C) groups is 1. The molecule has 146 valence electrons. The van der Waals surface area contributed by atoms with Gasteiger partial charge in [0.2, 0.25) is 0 Å². The van der Waals surface area contributed by atoms with E-state index in [1.165, 1.54) is 0 Å². The Hall–Kier alpha value is -1.80. The van der Waals surface area contributed by atoms with Gasteiger partial charge >= 0.3 is 0 Å². The number of guanidine groups is 1. The number of amides is 1. The molecule has 0 radical (unpaired) electrons. The second-order valence-corrected chi connectivity index (χ2v) is 6.30. The van der Waals surface area contributed by atoms with Crippen molar-refractivity contribution >= 4 is 47.4 Å². The number of carbonyl (C=O) groups excluding carboxylic acids is 1. The molecule has 0 bridgehead atoms. The topological polar surface area (TPSA) is 56.7 Å². The van der Waals surface area contributed by atoms with Crippen LogP contribution in [0.5, 0.6) is 0 Å². The summed E-state index contributed by atoms with van der Waals surface area (Å²) in [5.41, 5.74) is 2.74. The average molecular weight is 501 g/mol. The summed E-state index contributed by atoms with van der Waals surface area (Å²) in [6.45, 7) is 4.02. The highest BCUT2D eigenvalue weighted by molar-refractivity contribution is 14.0. The summed E-state index contributed by atoms with van der Waals surface area (Å²) < 4.78 is 0. The minimum atomic E-state index is -0.0899. The lowest BCUT2D eigenvalue weighted by atomic mass is 10.1. The minimum absolute atomic E-state index is 0. The number of halogens is 2. The molecule has 0 aromatic heterocycles. The molecule has 2 N–H and O–H groups in total. The van der Waals surface area contributed by atoms with Gasteiger partial charge in [-0.05, 0) is 36.2 Å². The highest BCUT2D eigenvalue weighted by Gasteiger charge is 2.09. The number of hydrogen-bond donors (Lipinski definition) is 2. The van der Waals surface area contributed by atoms with Crippen LogP contribution in [0, 0.1) is 0 Å². The molecule has 27 heavy (non-hydrogen) atoms. The highest BCUT2D eigenvalue weighted by Crippen LogP contribution is 2.16. The molecule has 0 aliphatic carbocycles. The Bertz CT molecular complexity index is 765. The lowest BCUT2D eigenvalue weighted by molar-refractivity contribution is 0.0963. The highest BCUT2D eigenvalue weighted by atomic mass is 127. The van der Waals surface area contributed by atoms with Crippen LogP contribution in [0.1, 0.15) is 28.4 Å². The molecule has 0 fully saturated rings. The summed E-state index contributed by atoms with van der Waals surface area (Å²) in [7, 11) is 3.61. The zero-order valence-corrected chi connectivity index (χ0v) is 18.9. The Morgan fingerprint density at radius 3 is 2.41 bits per heavy atom. The van der Waals surface area contributed by atoms with Gasteiger partial charge < -0.3 is 15.5 Å². The molecule has 1 amide bonds. The molecular formula is C20H26ClIN4O. The van der Waals surface area contributed by atoms with Crippen molar-refractivity contribution in [1.82, 2.24) is 15.5 Å². The summed E-state index contributed by atoms with van der Waals surface area (Å²) in [4.78, 5) is 18.3. The monoisotopic (exact) mass is 500 g/mol. The van der Waals surface area contributed by atoms with E-state index in [-0.39, 0.29) is 29.9 Å². The third-order valence-electron chi connectivity index (χ3n) is 3.92. The minimum Gasteiger partial charge on any atom is -0.357 e. The average Bonchev–Trinajstić information content (AvgIpc) is 2.66. The van der Waals surface area contributed by atoms with Crippen molar-refractivity contribution in [3.8, 4) is 0 Å². The van der Waals surface area contributed by atoms with Gasteiger partial charge in [-0.1, -0.05) is 41.9 Å². The first-order valence-electron chi connectivity index (χ1n) is 8.59. The second-order valence-electron chi connectivity index (χ2n) is 5.89. The van der Waals surface area contributed by atoms with E-state index in [2.05, 4.69) is 10.6 Å². The fourth-order valence-electron chi connectivity index (χ4n) is 2.50. The van der Waals surface area contributed by atoms with Crippen molar-refractivity contribution in [3.63, 3.8) is 0 Å². The van der Waals surface area contributed by atoms with Crippen LogP contribution in [0.25, 0.3) is 0 Å². The van der Waals surface area contributed by atoms with Crippen molar-refractivity contribution in [2.45, 2.75) is 20.0 Å². The molecule has 0 saturated carbocycles. The van der Waals surface area contributed by atoms with E-state index < -0.39 is 0 Å². The Kier molecular flexibility index (Phi) is 10.2.